The van der Waals surface area contributed by atoms with E-state index in [0.29, 0.717) is 22.3 Å². The number of esters is 1. The molecule has 0 aliphatic rings. The van der Waals surface area contributed by atoms with Gasteiger partial charge in [0.25, 0.3) is 0 Å². The van der Waals surface area contributed by atoms with Crippen LogP contribution in [0.25, 0.3) is 10.9 Å². The maximum absolute atomic E-state index is 12.5. The Hall–Kier alpha value is -2.71. The number of aliphatic hydroxyl groups is 1. The van der Waals surface area contributed by atoms with Crippen LogP contribution in [0.3, 0.4) is 0 Å². The minimum atomic E-state index is -1.42. The zero-order valence-electron chi connectivity index (χ0n) is 16.2. The smallest absolute Gasteiger partial charge is 0.328 e. The number of Topliss-reactive ketones (excluding diaryl/α,β-unsaturated/α-hetero) is 1. The quantitative estimate of drug-likeness (QED) is 0.344. The molecule has 1 aromatic heterocycles. The van der Waals surface area contributed by atoms with E-state index in [2.05, 4.69) is 10.3 Å². The number of amides is 1. The van der Waals surface area contributed by atoms with Crippen molar-refractivity contribution in [3.8, 4) is 0 Å². The van der Waals surface area contributed by atoms with Crippen LogP contribution in [0.15, 0.2) is 24.4 Å². The number of fused-ring (bicyclic) bond motifs is 1. The molecule has 0 saturated carbocycles. The molecular weight excluding hydrogens is 398 g/mol. The summed E-state index contributed by atoms with van der Waals surface area (Å²) in [5.74, 6) is -1.93. The Morgan fingerprint density at radius 3 is 2.72 bits per heavy atom. The van der Waals surface area contributed by atoms with Gasteiger partial charge in [0.1, 0.15) is 12.1 Å². The van der Waals surface area contributed by atoms with E-state index in [0.717, 1.165) is 5.39 Å². The Kier molecular flexibility index (Phi) is 7.92. The number of rotatable bonds is 10. The molecule has 2 atom stereocenters. The van der Waals surface area contributed by atoms with E-state index in [1.54, 1.807) is 32.2 Å². The number of ketones is 1. The number of halogens is 1. The van der Waals surface area contributed by atoms with Crippen molar-refractivity contribution >= 4 is 46.4 Å². The third-order valence-electron chi connectivity index (χ3n) is 4.26. The van der Waals surface area contributed by atoms with Crippen molar-refractivity contribution in [3.05, 3.63) is 35.0 Å². The summed E-state index contributed by atoms with van der Waals surface area (Å²) in [6.07, 6.45) is 0.392. The molecule has 1 amide bonds. The number of carbonyl (C=O) groups is 3. The number of H-pyrrole nitrogens is 1. The Balaban J connectivity index is 2.07. The summed E-state index contributed by atoms with van der Waals surface area (Å²) in [6.45, 7) is 3.33. The Labute approximate surface area is 173 Å². The molecule has 0 unspecified atom stereocenters. The van der Waals surface area contributed by atoms with Gasteiger partial charge in [-0.1, -0.05) is 23.7 Å². The zero-order chi connectivity index (χ0) is 21.6. The van der Waals surface area contributed by atoms with Gasteiger partial charge in [-0.15, -0.1) is 0 Å². The van der Waals surface area contributed by atoms with Gasteiger partial charge in [-0.05, 0) is 31.9 Å². The summed E-state index contributed by atoms with van der Waals surface area (Å²) < 4.78 is 5.11. The molecule has 2 rings (SSSR count). The summed E-state index contributed by atoms with van der Waals surface area (Å²) in [6, 6.07) is 4.23. The minimum absolute atomic E-state index is 0.0115. The predicted octanol–water partition coefficient (Wildman–Crippen LogP) is 2.16. The molecule has 0 radical (unpaired) electrons. The van der Waals surface area contributed by atoms with Gasteiger partial charge in [-0.2, -0.15) is 0 Å². The molecule has 29 heavy (non-hydrogen) atoms. The highest BCUT2D eigenvalue weighted by Crippen LogP contribution is 2.26. The maximum Gasteiger partial charge on any atom is 0.328 e. The second-order valence-corrected chi connectivity index (χ2v) is 7.30. The fourth-order valence-electron chi connectivity index (χ4n) is 2.84. The standard InChI is InChI=1S/C20H24ClN3O5/c1-11(2)29-20(28)16(7-6-13(25)9-22)24-19(27)17(26)8-12-10-23-18-14(12)4-3-5-15(18)21/h3-5,9-11,16-17,22-23,26H,6-8H2,1-2H3,(H,24,27)/t16-,17-/m0/s1. The second kappa shape index (κ2) is 10.2. The molecule has 0 bridgehead atoms. The van der Waals surface area contributed by atoms with Crippen molar-refractivity contribution in [2.75, 3.05) is 0 Å². The highest BCUT2D eigenvalue weighted by molar-refractivity contribution is 6.35. The number of para-hydroxylation sites is 1. The lowest BCUT2D eigenvalue weighted by Crippen LogP contribution is -2.47. The number of carbonyl (C=O) groups excluding carboxylic acids is 3. The molecule has 9 heteroatoms. The molecule has 0 aliphatic heterocycles. The fourth-order valence-corrected chi connectivity index (χ4v) is 3.06. The Morgan fingerprint density at radius 2 is 2.07 bits per heavy atom. The predicted molar refractivity (Wildman–Crippen MR) is 109 cm³/mol. The number of ether oxygens (including phenoxy) is 1. The Morgan fingerprint density at radius 1 is 1.34 bits per heavy atom. The van der Waals surface area contributed by atoms with Crippen molar-refractivity contribution in [3.63, 3.8) is 0 Å². The number of aliphatic hydroxyl groups excluding tert-OH is 1. The van der Waals surface area contributed by atoms with E-state index in [-0.39, 0.29) is 19.3 Å². The van der Waals surface area contributed by atoms with Gasteiger partial charge in [0.05, 0.1) is 22.9 Å². The lowest BCUT2D eigenvalue weighted by Gasteiger charge is -2.20. The summed E-state index contributed by atoms with van der Waals surface area (Å²) >= 11 is 6.12. The van der Waals surface area contributed by atoms with E-state index in [9.17, 15) is 19.5 Å². The van der Waals surface area contributed by atoms with E-state index in [4.69, 9.17) is 21.7 Å². The molecule has 8 nitrogen and oxygen atoms in total. The number of hydrogen-bond donors (Lipinski definition) is 4. The van der Waals surface area contributed by atoms with Crippen LogP contribution in [0.5, 0.6) is 0 Å². The molecule has 0 saturated heterocycles. The van der Waals surface area contributed by atoms with Crippen LogP contribution in [0.4, 0.5) is 0 Å². The number of aromatic amines is 1. The second-order valence-electron chi connectivity index (χ2n) is 6.89. The van der Waals surface area contributed by atoms with Gasteiger partial charge < -0.3 is 25.6 Å². The molecular formula is C20H24ClN3O5. The van der Waals surface area contributed by atoms with E-state index < -0.39 is 35.9 Å². The Bertz CT molecular complexity index is 909. The lowest BCUT2D eigenvalue weighted by molar-refractivity contribution is -0.152. The zero-order valence-corrected chi connectivity index (χ0v) is 17.0. The van der Waals surface area contributed by atoms with Gasteiger partial charge in [0.2, 0.25) is 5.91 Å². The third kappa shape index (κ3) is 6.13. The molecule has 0 spiro atoms. The van der Waals surface area contributed by atoms with Gasteiger partial charge in [-0.3, -0.25) is 9.59 Å². The van der Waals surface area contributed by atoms with Crippen LogP contribution in [0.2, 0.25) is 5.02 Å². The van der Waals surface area contributed by atoms with Crippen LogP contribution in [0.1, 0.15) is 32.3 Å². The highest BCUT2D eigenvalue weighted by Gasteiger charge is 2.27. The summed E-state index contributed by atoms with van der Waals surface area (Å²) in [5.41, 5.74) is 1.41. The molecule has 156 valence electrons. The molecule has 1 heterocycles. The van der Waals surface area contributed by atoms with Crippen LogP contribution >= 0.6 is 11.6 Å². The minimum Gasteiger partial charge on any atom is -0.461 e. The van der Waals surface area contributed by atoms with Gasteiger partial charge in [0, 0.05) is 24.4 Å². The summed E-state index contributed by atoms with van der Waals surface area (Å²) in [5, 5.41) is 21.0. The van der Waals surface area contributed by atoms with Crippen LogP contribution in [-0.2, 0) is 25.5 Å². The van der Waals surface area contributed by atoms with E-state index in [1.807, 2.05) is 6.07 Å². The molecule has 2 aromatic rings. The average Bonchev–Trinajstić information content (AvgIpc) is 3.08. The fraction of sp³-hybridized carbons (Fsp3) is 0.400. The largest absolute Gasteiger partial charge is 0.461 e. The number of aromatic nitrogens is 1. The highest BCUT2D eigenvalue weighted by atomic mass is 35.5. The SMILES string of the molecule is CC(C)OC(=O)[C@H](CCC(=O)C=N)NC(=O)[C@@H](O)Cc1c[nH]c2c(Cl)cccc12. The molecule has 0 fully saturated rings. The van der Waals surface area contributed by atoms with Crippen molar-refractivity contribution in [2.45, 2.75) is 51.4 Å². The van der Waals surface area contributed by atoms with Crippen LogP contribution in [-0.4, -0.2) is 52.2 Å². The third-order valence-corrected chi connectivity index (χ3v) is 4.57. The number of benzene rings is 1. The summed E-state index contributed by atoms with van der Waals surface area (Å²) in [7, 11) is 0. The normalized spacial score (nSPS) is 13.1. The van der Waals surface area contributed by atoms with Crippen molar-refractivity contribution in [2.24, 2.45) is 0 Å². The first-order valence-corrected chi connectivity index (χ1v) is 9.57. The average molecular weight is 422 g/mol. The topological polar surface area (TPSA) is 132 Å². The number of hydrogen-bond acceptors (Lipinski definition) is 6. The van der Waals surface area contributed by atoms with Crippen molar-refractivity contribution in [1.29, 1.82) is 5.41 Å². The monoisotopic (exact) mass is 421 g/mol. The van der Waals surface area contributed by atoms with Crippen LogP contribution in [0, 0.1) is 5.41 Å². The molecule has 1 aromatic carbocycles. The first-order valence-electron chi connectivity index (χ1n) is 9.19. The molecule has 4 N–H and O–H groups in total. The van der Waals surface area contributed by atoms with Crippen molar-refractivity contribution < 1.29 is 24.2 Å². The van der Waals surface area contributed by atoms with E-state index >= 15 is 0 Å². The van der Waals surface area contributed by atoms with Gasteiger partial charge >= 0.3 is 5.97 Å². The van der Waals surface area contributed by atoms with Crippen molar-refractivity contribution in [1.82, 2.24) is 10.3 Å². The van der Waals surface area contributed by atoms with Gasteiger partial charge in [0.15, 0.2) is 5.78 Å². The first-order chi connectivity index (χ1) is 13.7. The molecule has 0 aliphatic carbocycles. The first kappa shape index (κ1) is 22.6. The summed E-state index contributed by atoms with van der Waals surface area (Å²) in [4.78, 5) is 39.1. The number of nitrogens with one attached hydrogen (secondary N) is 3. The van der Waals surface area contributed by atoms with E-state index in [1.165, 1.54) is 0 Å². The van der Waals surface area contributed by atoms with Gasteiger partial charge in [-0.25, -0.2) is 4.79 Å². The maximum atomic E-state index is 12.5. The lowest BCUT2D eigenvalue weighted by atomic mass is 10.0. The van der Waals surface area contributed by atoms with Crippen LogP contribution < -0.4 is 5.32 Å².